The zero-order valence-corrected chi connectivity index (χ0v) is 10.6. The molecule has 0 radical (unpaired) electrons. The van der Waals surface area contributed by atoms with Crippen LogP contribution in [0.15, 0.2) is 24.3 Å². The second-order valence-electron chi connectivity index (χ2n) is 5.19. The molecule has 2 unspecified atom stereocenters. The zero-order valence-electron chi connectivity index (χ0n) is 10.6. The van der Waals surface area contributed by atoms with Crippen LogP contribution in [0.25, 0.3) is 0 Å². The quantitative estimate of drug-likeness (QED) is 0.845. The SMILES string of the molecule is CC(=O)NCC1CC12C(=O)N(C)c1ccccc12. The number of rotatable bonds is 2. The average Bonchev–Trinajstić information content (AvgIpc) is 3.05. The number of hydrogen-bond acceptors (Lipinski definition) is 2. The second-order valence-corrected chi connectivity index (χ2v) is 5.19. The van der Waals surface area contributed by atoms with Crippen LogP contribution in [-0.4, -0.2) is 25.4 Å². The summed E-state index contributed by atoms with van der Waals surface area (Å²) in [5.74, 6) is 0.364. The Bertz CT molecular complexity index is 540. The second kappa shape index (κ2) is 3.57. The normalized spacial score (nSPS) is 28.4. The predicted molar refractivity (Wildman–Crippen MR) is 68.3 cm³/mol. The molecular formula is C14H16N2O2. The molecule has 2 aliphatic rings. The van der Waals surface area contributed by atoms with E-state index in [2.05, 4.69) is 5.32 Å². The number of likely N-dealkylation sites (N-methyl/N-ethyl adjacent to an activating group) is 1. The zero-order chi connectivity index (χ0) is 12.9. The van der Waals surface area contributed by atoms with Gasteiger partial charge in [0.15, 0.2) is 0 Å². The van der Waals surface area contributed by atoms with Crippen LogP contribution in [0.2, 0.25) is 0 Å². The monoisotopic (exact) mass is 244 g/mol. The first-order valence-corrected chi connectivity index (χ1v) is 6.19. The molecule has 1 aromatic carbocycles. The maximum absolute atomic E-state index is 12.4. The molecule has 2 amide bonds. The lowest BCUT2D eigenvalue weighted by Crippen LogP contribution is -2.32. The number of hydrogen-bond donors (Lipinski definition) is 1. The number of carbonyl (C=O) groups excluding carboxylic acids is 2. The number of amides is 2. The van der Waals surface area contributed by atoms with E-state index >= 15 is 0 Å². The number of benzene rings is 1. The Labute approximate surface area is 106 Å². The van der Waals surface area contributed by atoms with Crippen molar-refractivity contribution < 1.29 is 9.59 Å². The van der Waals surface area contributed by atoms with Crippen LogP contribution in [0.5, 0.6) is 0 Å². The van der Waals surface area contributed by atoms with Crippen LogP contribution in [0, 0.1) is 5.92 Å². The van der Waals surface area contributed by atoms with Gasteiger partial charge in [0.2, 0.25) is 11.8 Å². The van der Waals surface area contributed by atoms with Gasteiger partial charge >= 0.3 is 0 Å². The fourth-order valence-corrected chi connectivity index (χ4v) is 3.10. The number of fused-ring (bicyclic) bond motifs is 2. The van der Waals surface area contributed by atoms with Gasteiger partial charge in [-0.2, -0.15) is 0 Å². The van der Waals surface area contributed by atoms with Crippen molar-refractivity contribution in [1.29, 1.82) is 0 Å². The van der Waals surface area contributed by atoms with E-state index in [4.69, 9.17) is 0 Å². The molecule has 0 saturated heterocycles. The van der Waals surface area contributed by atoms with E-state index in [1.807, 2.05) is 31.3 Å². The van der Waals surface area contributed by atoms with E-state index in [-0.39, 0.29) is 23.1 Å². The van der Waals surface area contributed by atoms with E-state index < -0.39 is 0 Å². The summed E-state index contributed by atoms with van der Waals surface area (Å²) in [5.41, 5.74) is 1.76. The molecule has 1 aromatic rings. The molecule has 4 heteroatoms. The van der Waals surface area contributed by atoms with Crippen molar-refractivity contribution in [3.63, 3.8) is 0 Å². The summed E-state index contributed by atoms with van der Waals surface area (Å²) in [4.78, 5) is 25.1. The first-order valence-electron chi connectivity index (χ1n) is 6.19. The van der Waals surface area contributed by atoms with Crippen LogP contribution in [0.3, 0.4) is 0 Å². The maximum atomic E-state index is 12.4. The molecule has 94 valence electrons. The van der Waals surface area contributed by atoms with E-state index in [0.717, 1.165) is 17.7 Å². The summed E-state index contributed by atoms with van der Waals surface area (Å²) in [6, 6.07) is 7.94. The molecule has 4 nitrogen and oxygen atoms in total. The van der Waals surface area contributed by atoms with Gasteiger partial charge in [-0.1, -0.05) is 18.2 Å². The lowest BCUT2D eigenvalue weighted by molar-refractivity contribution is -0.121. The molecule has 1 saturated carbocycles. The van der Waals surface area contributed by atoms with Gasteiger partial charge in [0, 0.05) is 26.2 Å². The molecule has 1 heterocycles. The van der Waals surface area contributed by atoms with Crippen molar-refractivity contribution in [3.8, 4) is 0 Å². The fourth-order valence-electron chi connectivity index (χ4n) is 3.10. The van der Waals surface area contributed by atoms with Gasteiger partial charge in [-0.05, 0) is 24.0 Å². The first kappa shape index (κ1) is 11.3. The minimum absolute atomic E-state index is 0.0378. The van der Waals surface area contributed by atoms with E-state index in [1.54, 1.807) is 4.90 Å². The molecular weight excluding hydrogens is 228 g/mol. The highest BCUT2D eigenvalue weighted by Crippen LogP contribution is 2.60. The predicted octanol–water partition coefficient (Wildman–Crippen LogP) is 1.06. The summed E-state index contributed by atoms with van der Waals surface area (Å²) in [6.07, 6.45) is 0.841. The van der Waals surface area contributed by atoms with Gasteiger partial charge < -0.3 is 10.2 Å². The number of nitrogens with one attached hydrogen (secondary N) is 1. The van der Waals surface area contributed by atoms with Gasteiger partial charge in [0.05, 0.1) is 5.41 Å². The Kier molecular flexibility index (Phi) is 2.24. The molecule has 0 bridgehead atoms. The van der Waals surface area contributed by atoms with Crippen molar-refractivity contribution in [1.82, 2.24) is 5.32 Å². The van der Waals surface area contributed by atoms with Gasteiger partial charge in [0.1, 0.15) is 0 Å². The highest BCUT2D eigenvalue weighted by Gasteiger charge is 2.65. The van der Waals surface area contributed by atoms with Gasteiger partial charge in [-0.25, -0.2) is 0 Å². The Morgan fingerprint density at radius 1 is 1.50 bits per heavy atom. The Balaban J connectivity index is 1.91. The van der Waals surface area contributed by atoms with Gasteiger partial charge in [0.25, 0.3) is 0 Å². The number of carbonyl (C=O) groups is 2. The summed E-state index contributed by atoms with van der Waals surface area (Å²) >= 11 is 0. The largest absolute Gasteiger partial charge is 0.356 e. The summed E-state index contributed by atoms with van der Waals surface area (Å²) in [7, 11) is 1.82. The highest BCUT2D eigenvalue weighted by molar-refractivity contribution is 6.10. The van der Waals surface area contributed by atoms with E-state index in [0.29, 0.717) is 6.54 Å². The molecule has 18 heavy (non-hydrogen) atoms. The van der Waals surface area contributed by atoms with Crippen molar-refractivity contribution in [2.45, 2.75) is 18.8 Å². The van der Waals surface area contributed by atoms with E-state index in [1.165, 1.54) is 6.92 Å². The third kappa shape index (κ3) is 1.32. The summed E-state index contributed by atoms with van der Waals surface area (Å²) < 4.78 is 0. The van der Waals surface area contributed by atoms with Crippen LogP contribution in [-0.2, 0) is 15.0 Å². The smallest absolute Gasteiger partial charge is 0.237 e. The van der Waals surface area contributed by atoms with E-state index in [9.17, 15) is 9.59 Å². The first-order chi connectivity index (χ1) is 8.57. The topological polar surface area (TPSA) is 49.4 Å². The van der Waals surface area contributed by atoms with Crippen molar-refractivity contribution >= 4 is 17.5 Å². The summed E-state index contributed by atoms with van der Waals surface area (Å²) in [5, 5.41) is 2.82. The molecule has 1 aliphatic carbocycles. The average molecular weight is 244 g/mol. The van der Waals surface area contributed by atoms with Gasteiger partial charge in [-0.15, -0.1) is 0 Å². The molecule has 1 aliphatic heterocycles. The number of para-hydroxylation sites is 1. The van der Waals surface area contributed by atoms with Crippen molar-refractivity contribution in [3.05, 3.63) is 29.8 Å². The fraction of sp³-hybridized carbons (Fsp3) is 0.429. The molecule has 1 fully saturated rings. The third-order valence-electron chi connectivity index (χ3n) is 4.13. The number of anilines is 1. The van der Waals surface area contributed by atoms with Crippen LogP contribution >= 0.6 is 0 Å². The maximum Gasteiger partial charge on any atom is 0.237 e. The van der Waals surface area contributed by atoms with Gasteiger partial charge in [-0.3, -0.25) is 9.59 Å². The lowest BCUT2D eigenvalue weighted by atomic mass is 9.95. The van der Waals surface area contributed by atoms with Crippen LogP contribution in [0.4, 0.5) is 5.69 Å². The van der Waals surface area contributed by atoms with Crippen LogP contribution < -0.4 is 10.2 Å². The highest BCUT2D eigenvalue weighted by atomic mass is 16.2. The minimum atomic E-state index is -0.367. The molecule has 1 N–H and O–H groups in total. The Hall–Kier alpha value is -1.84. The Morgan fingerprint density at radius 2 is 2.22 bits per heavy atom. The molecule has 3 rings (SSSR count). The lowest BCUT2D eigenvalue weighted by Gasteiger charge is -2.11. The van der Waals surface area contributed by atoms with Crippen molar-refractivity contribution in [2.75, 3.05) is 18.5 Å². The molecule has 0 aromatic heterocycles. The minimum Gasteiger partial charge on any atom is -0.356 e. The third-order valence-corrected chi connectivity index (χ3v) is 4.13. The molecule has 1 spiro atoms. The summed E-state index contributed by atoms with van der Waals surface area (Å²) in [6.45, 7) is 2.09. The Morgan fingerprint density at radius 3 is 2.94 bits per heavy atom. The molecule has 2 atom stereocenters. The standard InChI is InChI=1S/C14H16N2O2/c1-9(17)15-8-10-7-14(10)11-5-3-4-6-12(11)16(2)13(14)18/h3-6,10H,7-8H2,1-2H3,(H,15,17). The van der Waals surface area contributed by atoms with Crippen LogP contribution in [0.1, 0.15) is 18.9 Å². The number of nitrogens with zero attached hydrogens (tertiary/aromatic N) is 1. The van der Waals surface area contributed by atoms with Crippen molar-refractivity contribution in [2.24, 2.45) is 5.92 Å².